The highest BCUT2D eigenvalue weighted by molar-refractivity contribution is 5.43. The molecule has 1 heterocycles. The molecule has 0 unspecified atom stereocenters. The molecular weight excluding hydrogens is 433 g/mol. The molecule has 0 fully saturated rings. The summed E-state index contributed by atoms with van der Waals surface area (Å²) in [5.41, 5.74) is 2.25. The van der Waals surface area contributed by atoms with E-state index >= 15 is 0 Å². The van der Waals surface area contributed by atoms with Crippen LogP contribution in [0.25, 0.3) is 5.69 Å². The zero-order chi connectivity index (χ0) is 24.7. The third kappa shape index (κ3) is 7.38. The first-order chi connectivity index (χ1) is 16.2. The minimum absolute atomic E-state index is 0.263. The predicted molar refractivity (Wildman–Crippen MR) is 132 cm³/mol. The average molecular weight is 470 g/mol. The van der Waals surface area contributed by atoms with E-state index in [1.165, 1.54) is 12.1 Å². The Balaban J connectivity index is 1.91. The van der Waals surface area contributed by atoms with Gasteiger partial charge in [0.15, 0.2) is 0 Å². The van der Waals surface area contributed by atoms with Crippen molar-refractivity contribution in [3.05, 3.63) is 71.7 Å². The van der Waals surface area contributed by atoms with Gasteiger partial charge in [-0.05, 0) is 64.9 Å². The lowest BCUT2D eigenvalue weighted by Gasteiger charge is -2.27. The van der Waals surface area contributed by atoms with Gasteiger partial charge in [-0.25, -0.2) is 9.07 Å². The molecule has 0 aliphatic rings. The Morgan fingerprint density at radius 1 is 1.12 bits per heavy atom. The first-order valence-corrected chi connectivity index (χ1v) is 11.8. The summed E-state index contributed by atoms with van der Waals surface area (Å²) in [7, 11) is 0. The van der Waals surface area contributed by atoms with Crippen molar-refractivity contribution >= 4 is 0 Å². The number of para-hydroxylation sites is 1. The molecule has 0 radical (unpaired) electrons. The highest BCUT2D eigenvalue weighted by Crippen LogP contribution is 2.32. The van der Waals surface area contributed by atoms with Gasteiger partial charge in [0.2, 0.25) is 5.88 Å². The molecule has 2 aromatic carbocycles. The van der Waals surface area contributed by atoms with Crippen molar-refractivity contribution in [1.82, 2.24) is 14.7 Å². The zero-order valence-electron chi connectivity index (χ0n) is 20.8. The number of benzene rings is 2. The number of aliphatic hydroxyl groups is 1. The van der Waals surface area contributed by atoms with E-state index in [9.17, 15) is 9.50 Å². The first-order valence-electron chi connectivity index (χ1n) is 11.8. The Labute approximate surface area is 201 Å². The Bertz CT molecular complexity index is 1050. The maximum Gasteiger partial charge on any atom is 0.227 e. The summed E-state index contributed by atoms with van der Waals surface area (Å²) in [6.07, 6.45) is 0.307. The second-order valence-corrected chi connectivity index (χ2v) is 9.49. The van der Waals surface area contributed by atoms with E-state index in [0.29, 0.717) is 24.7 Å². The van der Waals surface area contributed by atoms with Gasteiger partial charge in [-0.2, -0.15) is 5.10 Å². The molecule has 0 spiro atoms. The van der Waals surface area contributed by atoms with Crippen LogP contribution < -0.4 is 4.74 Å². The highest BCUT2D eigenvalue weighted by atomic mass is 19.1. The van der Waals surface area contributed by atoms with Crippen molar-refractivity contribution in [2.75, 3.05) is 19.7 Å². The molecule has 0 aliphatic carbocycles. The van der Waals surface area contributed by atoms with Crippen molar-refractivity contribution in [3.8, 4) is 17.3 Å². The van der Waals surface area contributed by atoms with E-state index in [1.807, 2.05) is 58.0 Å². The molecule has 7 heteroatoms. The monoisotopic (exact) mass is 469 g/mol. The van der Waals surface area contributed by atoms with E-state index in [0.717, 1.165) is 29.9 Å². The quantitative estimate of drug-likeness (QED) is 0.402. The van der Waals surface area contributed by atoms with Crippen LogP contribution in [0.5, 0.6) is 11.6 Å². The minimum Gasteiger partial charge on any atom is -0.438 e. The fourth-order valence-corrected chi connectivity index (χ4v) is 3.68. The number of nitrogens with zero attached hydrogens (tertiary/aromatic N) is 3. The van der Waals surface area contributed by atoms with Gasteiger partial charge in [0.25, 0.3) is 0 Å². The van der Waals surface area contributed by atoms with E-state index in [4.69, 9.17) is 14.6 Å². The molecule has 3 aromatic rings. The van der Waals surface area contributed by atoms with E-state index in [1.54, 1.807) is 16.8 Å². The summed E-state index contributed by atoms with van der Waals surface area (Å²) in [6, 6.07) is 15.8. The fourth-order valence-electron chi connectivity index (χ4n) is 3.68. The highest BCUT2D eigenvalue weighted by Gasteiger charge is 2.23. The first kappa shape index (κ1) is 25.9. The van der Waals surface area contributed by atoms with Crippen molar-refractivity contribution in [2.24, 2.45) is 0 Å². The van der Waals surface area contributed by atoms with E-state index in [2.05, 4.69) is 11.8 Å². The van der Waals surface area contributed by atoms with E-state index in [-0.39, 0.29) is 18.0 Å². The van der Waals surface area contributed by atoms with Crippen molar-refractivity contribution in [3.63, 3.8) is 0 Å². The molecule has 1 atom stereocenters. The number of rotatable bonds is 11. The van der Waals surface area contributed by atoms with Gasteiger partial charge < -0.3 is 14.6 Å². The SMILES string of the molecule is CCCN(Cc1c(C)nn(-c2ccccc2)c1Oc1cccc(F)c1)C[C@H](O)COC(C)(C)C. The summed E-state index contributed by atoms with van der Waals surface area (Å²) in [5.74, 6) is 0.575. The Hall–Kier alpha value is -2.74. The summed E-state index contributed by atoms with van der Waals surface area (Å²) < 4.78 is 27.6. The second kappa shape index (κ2) is 11.6. The third-order valence-corrected chi connectivity index (χ3v) is 5.25. The Kier molecular flexibility index (Phi) is 8.83. The van der Waals surface area contributed by atoms with Gasteiger partial charge in [-0.1, -0.05) is 31.2 Å². The molecule has 3 rings (SSSR count). The molecule has 0 saturated heterocycles. The molecular formula is C27H36FN3O3. The summed E-state index contributed by atoms with van der Waals surface area (Å²) >= 11 is 0. The molecule has 0 amide bonds. The lowest BCUT2D eigenvalue weighted by atomic mass is 10.2. The Morgan fingerprint density at radius 2 is 1.85 bits per heavy atom. The van der Waals surface area contributed by atoms with Crippen LogP contribution in [0.3, 0.4) is 0 Å². The van der Waals surface area contributed by atoms with Gasteiger partial charge >= 0.3 is 0 Å². The Morgan fingerprint density at radius 3 is 2.50 bits per heavy atom. The maximum absolute atomic E-state index is 13.9. The number of aliphatic hydroxyl groups excluding tert-OH is 1. The topological polar surface area (TPSA) is 59.8 Å². The lowest BCUT2D eigenvalue weighted by Crippen LogP contribution is -2.37. The van der Waals surface area contributed by atoms with Gasteiger partial charge in [0.05, 0.1) is 35.3 Å². The fraction of sp³-hybridized carbons (Fsp3) is 0.444. The molecule has 1 N–H and O–H groups in total. The van der Waals surface area contributed by atoms with Crippen molar-refractivity contribution in [1.29, 1.82) is 0 Å². The van der Waals surface area contributed by atoms with Gasteiger partial charge in [0.1, 0.15) is 11.6 Å². The average Bonchev–Trinajstić information content (AvgIpc) is 3.08. The molecule has 6 nitrogen and oxygen atoms in total. The molecule has 0 aliphatic heterocycles. The summed E-state index contributed by atoms with van der Waals surface area (Å²) in [5, 5.41) is 15.4. The number of ether oxygens (including phenoxy) is 2. The molecule has 0 saturated carbocycles. The summed E-state index contributed by atoms with van der Waals surface area (Å²) in [4.78, 5) is 2.18. The maximum atomic E-state index is 13.9. The molecule has 1 aromatic heterocycles. The van der Waals surface area contributed by atoms with Crippen molar-refractivity contribution in [2.45, 2.75) is 59.3 Å². The number of aromatic nitrogens is 2. The van der Waals surface area contributed by atoms with Crippen LogP contribution >= 0.6 is 0 Å². The minimum atomic E-state index is -0.622. The lowest BCUT2D eigenvalue weighted by molar-refractivity contribution is -0.0567. The van der Waals surface area contributed by atoms with Crippen LogP contribution in [0.15, 0.2) is 54.6 Å². The predicted octanol–water partition coefficient (Wildman–Crippen LogP) is 5.50. The van der Waals surface area contributed by atoms with Crippen LogP contribution in [0.4, 0.5) is 4.39 Å². The normalized spacial score (nSPS) is 12.8. The standard InChI is InChI=1S/C27H36FN3O3/c1-6-15-30(17-23(32)19-33-27(3,4)5)18-25-20(2)29-31(22-12-8-7-9-13-22)26(25)34-24-14-10-11-21(28)16-24/h7-14,16,23,32H,6,15,17-19H2,1-5H3/t23-/m0/s1. The molecule has 184 valence electrons. The van der Waals surface area contributed by atoms with Crippen LogP contribution in [0, 0.1) is 12.7 Å². The number of hydrogen-bond donors (Lipinski definition) is 1. The number of halogens is 1. The second-order valence-electron chi connectivity index (χ2n) is 9.49. The summed E-state index contributed by atoms with van der Waals surface area (Å²) in [6.45, 7) is 12.0. The number of aryl methyl sites for hydroxylation is 1. The van der Waals surface area contributed by atoms with Gasteiger partial charge in [-0.3, -0.25) is 4.90 Å². The molecule has 0 bridgehead atoms. The van der Waals surface area contributed by atoms with Crippen LogP contribution in [0.2, 0.25) is 0 Å². The van der Waals surface area contributed by atoms with E-state index < -0.39 is 6.10 Å². The largest absolute Gasteiger partial charge is 0.438 e. The van der Waals surface area contributed by atoms with Crippen LogP contribution in [-0.4, -0.2) is 51.2 Å². The number of hydrogen-bond acceptors (Lipinski definition) is 5. The van der Waals surface area contributed by atoms with Crippen LogP contribution in [-0.2, 0) is 11.3 Å². The van der Waals surface area contributed by atoms with Crippen LogP contribution in [0.1, 0.15) is 45.4 Å². The third-order valence-electron chi connectivity index (χ3n) is 5.25. The zero-order valence-corrected chi connectivity index (χ0v) is 20.8. The molecule has 34 heavy (non-hydrogen) atoms. The van der Waals surface area contributed by atoms with Gasteiger partial charge in [0, 0.05) is 19.2 Å². The van der Waals surface area contributed by atoms with Gasteiger partial charge in [-0.15, -0.1) is 0 Å². The van der Waals surface area contributed by atoms with Crippen molar-refractivity contribution < 1.29 is 19.0 Å². The smallest absolute Gasteiger partial charge is 0.227 e.